The van der Waals surface area contributed by atoms with Crippen LogP contribution in [-0.2, 0) is 11.3 Å². The Labute approximate surface area is 92.9 Å². The minimum absolute atomic E-state index is 0.0554. The Kier molecular flexibility index (Phi) is 2.92. The summed E-state index contributed by atoms with van der Waals surface area (Å²) in [5.41, 5.74) is 1.97. The molecule has 0 bridgehead atoms. The van der Waals surface area contributed by atoms with Gasteiger partial charge in [-0.15, -0.1) is 0 Å². The summed E-state index contributed by atoms with van der Waals surface area (Å²) in [6.07, 6.45) is 0. The molecule has 0 saturated carbocycles. The predicted octanol–water partition coefficient (Wildman–Crippen LogP) is 1.84. The molecule has 16 heavy (non-hydrogen) atoms. The number of rotatable bonds is 3. The van der Waals surface area contributed by atoms with E-state index < -0.39 is 0 Å². The Morgan fingerprint density at radius 3 is 3.00 bits per heavy atom. The van der Waals surface area contributed by atoms with Crippen LogP contribution >= 0.6 is 0 Å². The Morgan fingerprint density at radius 2 is 2.31 bits per heavy atom. The van der Waals surface area contributed by atoms with Crippen LogP contribution in [0.25, 0.3) is 10.9 Å². The van der Waals surface area contributed by atoms with Crippen molar-refractivity contribution in [3.8, 4) is 0 Å². The van der Waals surface area contributed by atoms with Crippen molar-refractivity contribution < 1.29 is 14.6 Å². The van der Waals surface area contributed by atoms with Gasteiger partial charge < -0.3 is 14.8 Å². The SMILES string of the molecule is CCOC(=O)c1cc2cccc(CO)c2[nH]1. The van der Waals surface area contributed by atoms with E-state index >= 15 is 0 Å². The van der Waals surface area contributed by atoms with Crippen molar-refractivity contribution in [3.63, 3.8) is 0 Å². The molecular weight excluding hydrogens is 206 g/mol. The lowest BCUT2D eigenvalue weighted by atomic mass is 10.1. The van der Waals surface area contributed by atoms with Gasteiger partial charge in [-0.2, -0.15) is 0 Å². The van der Waals surface area contributed by atoms with Crippen molar-refractivity contribution in [2.75, 3.05) is 6.61 Å². The number of para-hydroxylation sites is 1. The van der Waals surface area contributed by atoms with Crippen LogP contribution < -0.4 is 0 Å². The van der Waals surface area contributed by atoms with Gasteiger partial charge in [-0.05, 0) is 13.0 Å². The highest BCUT2D eigenvalue weighted by Gasteiger charge is 2.11. The number of ether oxygens (including phenoxy) is 1. The fourth-order valence-corrected chi connectivity index (χ4v) is 1.67. The first-order valence-electron chi connectivity index (χ1n) is 5.15. The quantitative estimate of drug-likeness (QED) is 0.774. The van der Waals surface area contributed by atoms with Crippen LogP contribution in [0.2, 0.25) is 0 Å². The zero-order chi connectivity index (χ0) is 11.5. The van der Waals surface area contributed by atoms with E-state index in [0.29, 0.717) is 12.3 Å². The molecule has 0 aliphatic rings. The Hall–Kier alpha value is -1.81. The predicted molar refractivity (Wildman–Crippen MR) is 60.2 cm³/mol. The Balaban J connectivity index is 2.47. The molecule has 4 heteroatoms. The van der Waals surface area contributed by atoms with Crippen molar-refractivity contribution in [2.24, 2.45) is 0 Å². The average molecular weight is 219 g/mol. The van der Waals surface area contributed by atoms with Crippen LogP contribution in [0.5, 0.6) is 0 Å². The minimum atomic E-state index is -0.373. The molecule has 84 valence electrons. The van der Waals surface area contributed by atoms with E-state index in [2.05, 4.69) is 4.98 Å². The molecule has 0 radical (unpaired) electrons. The van der Waals surface area contributed by atoms with Crippen LogP contribution in [-0.4, -0.2) is 22.7 Å². The van der Waals surface area contributed by atoms with Gasteiger partial charge in [0.1, 0.15) is 5.69 Å². The van der Waals surface area contributed by atoms with E-state index in [0.717, 1.165) is 16.5 Å². The maximum absolute atomic E-state index is 11.5. The molecule has 0 aliphatic heterocycles. The van der Waals surface area contributed by atoms with E-state index in [4.69, 9.17) is 9.84 Å². The summed E-state index contributed by atoms with van der Waals surface area (Å²) in [5, 5.41) is 10.0. The highest BCUT2D eigenvalue weighted by molar-refractivity contribution is 5.95. The molecule has 1 aromatic heterocycles. The first kappa shape index (κ1) is 10.7. The number of fused-ring (bicyclic) bond motifs is 1. The number of carbonyl (C=O) groups excluding carboxylic acids is 1. The van der Waals surface area contributed by atoms with Crippen molar-refractivity contribution in [1.82, 2.24) is 4.98 Å². The topological polar surface area (TPSA) is 62.3 Å². The molecule has 0 unspecified atom stereocenters. The number of aromatic amines is 1. The fourth-order valence-electron chi connectivity index (χ4n) is 1.67. The molecule has 2 rings (SSSR count). The van der Waals surface area contributed by atoms with E-state index in [1.54, 1.807) is 13.0 Å². The molecule has 0 atom stereocenters. The molecule has 2 aromatic rings. The first-order valence-corrected chi connectivity index (χ1v) is 5.15. The lowest BCUT2D eigenvalue weighted by Crippen LogP contribution is -2.04. The summed E-state index contributed by atoms with van der Waals surface area (Å²) in [7, 11) is 0. The number of aliphatic hydroxyl groups is 1. The maximum atomic E-state index is 11.5. The van der Waals surface area contributed by atoms with E-state index in [1.165, 1.54) is 0 Å². The zero-order valence-corrected chi connectivity index (χ0v) is 8.99. The van der Waals surface area contributed by atoms with Gasteiger partial charge in [-0.25, -0.2) is 4.79 Å². The number of aromatic nitrogens is 1. The molecule has 0 fully saturated rings. The summed E-state index contributed by atoms with van der Waals surface area (Å²) >= 11 is 0. The van der Waals surface area contributed by atoms with Crippen molar-refractivity contribution in [2.45, 2.75) is 13.5 Å². The summed E-state index contributed by atoms with van der Waals surface area (Å²) in [4.78, 5) is 14.5. The van der Waals surface area contributed by atoms with Gasteiger partial charge in [0.25, 0.3) is 0 Å². The fraction of sp³-hybridized carbons (Fsp3) is 0.250. The number of H-pyrrole nitrogens is 1. The van der Waals surface area contributed by atoms with Gasteiger partial charge in [-0.1, -0.05) is 18.2 Å². The number of carbonyl (C=O) groups is 1. The van der Waals surface area contributed by atoms with Crippen LogP contribution in [0.15, 0.2) is 24.3 Å². The van der Waals surface area contributed by atoms with Gasteiger partial charge in [-0.3, -0.25) is 0 Å². The zero-order valence-electron chi connectivity index (χ0n) is 8.99. The summed E-state index contributed by atoms with van der Waals surface area (Å²) in [6, 6.07) is 7.27. The largest absolute Gasteiger partial charge is 0.461 e. The third-order valence-corrected chi connectivity index (χ3v) is 2.41. The van der Waals surface area contributed by atoms with E-state index in [1.807, 2.05) is 18.2 Å². The smallest absolute Gasteiger partial charge is 0.354 e. The van der Waals surface area contributed by atoms with E-state index in [9.17, 15) is 4.79 Å². The summed E-state index contributed by atoms with van der Waals surface area (Å²) in [5.74, 6) is -0.373. The summed E-state index contributed by atoms with van der Waals surface area (Å²) in [6.45, 7) is 2.06. The van der Waals surface area contributed by atoms with Crippen LogP contribution in [0.3, 0.4) is 0 Å². The molecule has 0 aliphatic carbocycles. The number of benzene rings is 1. The Bertz CT molecular complexity index is 516. The van der Waals surface area contributed by atoms with Gasteiger partial charge >= 0.3 is 5.97 Å². The highest BCUT2D eigenvalue weighted by Crippen LogP contribution is 2.20. The normalized spacial score (nSPS) is 10.6. The van der Waals surface area contributed by atoms with E-state index in [-0.39, 0.29) is 12.6 Å². The molecule has 0 amide bonds. The molecule has 2 N–H and O–H groups in total. The molecule has 1 heterocycles. The first-order chi connectivity index (χ1) is 7.76. The third kappa shape index (κ3) is 1.79. The Morgan fingerprint density at radius 1 is 1.50 bits per heavy atom. The second kappa shape index (κ2) is 4.37. The van der Waals surface area contributed by atoms with Gasteiger partial charge in [0.2, 0.25) is 0 Å². The molecular formula is C12H13NO3. The lowest BCUT2D eigenvalue weighted by Gasteiger charge is -1.98. The molecule has 4 nitrogen and oxygen atoms in total. The standard InChI is InChI=1S/C12H13NO3/c1-2-16-12(15)10-6-8-4-3-5-9(7-14)11(8)13-10/h3-6,13-14H,2,7H2,1H3. The van der Waals surface area contributed by atoms with Crippen molar-refractivity contribution in [1.29, 1.82) is 0 Å². The van der Waals surface area contributed by atoms with Gasteiger partial charge in [0, 0.05) is 10.9 Å². The second-order valence-corrected chi connectivity index (χ2v) is 3.44. The van der Waals surface area contributed by atoms with Gasteiger partial charge in [0.05, 0.1) is 18.7 Å². The van der Waals surface area contributed by atoms with Gasteiger partial charge in [0.15, 0.2) is 0 Å². The van der Waals surface area contributed by atoms with Crippen LogP contribution in [0, 0.1) is 0 Å². The minimum Gasteiger partial charge on any atom is -0.461 e. The highest BCUT2D eigenvalue weighted by atomic mass is 16.5. The second-order valence-electron chi connectivity index (χ2n) is 3.44. The monoisotopic (exact) mass is 219 g/mol. The van der Waals surface area contributed by atoms with Crippen LogP contribution in [0.4, 0.5) is 0 Å². The third-order valence-electron chi connectivity index (χ3n) is 2.41. The van der Waals surface area contributed by atoms with Crippen molar-refractivity contribution in [3.05, 3.63) is 35.5 Å². The van der Waals surface area contributed by atoms with Crippen LogP contribution in [0.1, 0.15) is 23.0 Å². The number of hydrogen-bond acceptors (Lipinski definition) is 3. The number of aliphatic hydroxyl groups excluding tert-OH is 1. The lowest BCUT2D eigenvalue weighted by molar-refractivity contribution is 0.0520. The number of hydrogen-bond donors (Lipinski definition) is 2. The number of nitrogens with one attached hydrogen (secondary N) is 1. The van der Waals surface area contributed by atoms with Crippen molar-refractivity contribution >= 4 is 16.9 Å². The molecule has 0 spiro atoms. The average Bonchev–Trinajstić information content (AvgIpc) is 2.72. The maximum Gasteiger partial charge on any atom is 0.354 e. The summed E-state index contributed by atoms with van der Waals surface area (Å²) < 4.78 is 4.90. The molecule has 1 aromatic carbocycles. The molecule has 0 saturated heterocycles. The number of esters is 1.